The van der Waals surface area contributed by atoms with Crippen molar-refractivity contribution >= 4 is 5.91 Å². The number of rotatable bonds is 3. The van der Waals surface area contributed by atoms with Crippen LogP contribution in [0, 0.1) is 11.8 Å². The van der Waals surface area contributed by atoms with Crippen LogP contribution < -0.4 is 0 Å². The van der Waals surface area contributed by atoms with Gasteiger partial charge in [0.25, 0.3) is 5.91 Å². The molecule has 0 unspecified atom stereocenters. The number of hydrogen-bond acceptors (Lipinski definition) is 3. The van der Waals surface area contributed by atoms with Crippen LogP contribution in [0.3, 0.4) is 0 Å². The van der Waals surface area contributed by atoms with E-state index in [0.29, 0.717) is 11.6 Å². The molecule has 4 nitrogen and oxygen atoms in total. The summed E-state index contributed by atoms with van der Waals surface area (Å²) in [6.45, 7) is 17.3. The highest BCUT2D eigenvalue weighted by Crippen LogP contribution is 2.19. The van der Waals surface area contributed by atoms with Crippen LogP contribution in [0.4, 0.5) is 0 Å². The van der Waals surface area contributed by atoms with Gasteiger partial charge in [0.1, 0.15) is 5.69 Å². The van der Waals surface area contributed by atoms with Crippen LogP contribution in [0.25, 0.3) is 0 Å². The highest BCUT2D eigenvalue weighted by molar-refractivity contribution is 5.92. The first kappa shape index (κ1) is 19.6. The van der Waals surface area contributed by atoms with Crippen molar-refractivity contribution in [3.05, 3.63) is 29.6 Å². The van der Waals surface area contributed by atoms with Gasteiger partial charge >= 0.3 is 0 Å². The molecule has 1 aromatic rings. The SMILES string of the molecule is CC.CC.CC1CN(Cc2cccc(C(=O)N3CC(C)C3)n2)C1. The molecule has 1 aromatic heterocycles. The molecular formula is C19H33N3O. The van der Waals surface area contributed by atoms with Crippen LogP contribution in [-0.4, -0.2) is 46.9 Å². The molecule has 2 fully saturated rings. The van der Waals surface area contributed by atoms with E-state index in [-0.39, 0.29) is 5.91 Å². The quantitative estimate of drug-likeness (QED) is 0.853. The number of likely N-dealkylation sites (tertiary alicyclic amines) is 2. The Morgan fingerprint density at radius 3 is 2.13 bits per heavy atom. The molecule has 0 spiro atoms. The number of carbonyl (C=O) groups excluding carboxylic acids is 1. The first-order chi connectivity index (χ1) is 11.1. The van der Waals surface area contributed by atoms with Crippen molar-refractivity contribution < 1.29 is 4.79 Å². The van der Waals surface area contributed by atoms with Gasteiger partial charge in [-0.05, 0) is 24.0 Å². The van der Waals surface area contributed by atoms with Gasteiger partial charge in [-0.25, -0.2) is 4.98 Å². The standard InChI is InChI=1S/C15H21N3O.2C2H6/c1-11-6-17(7-11)10-13-4-3-5-14(16-13)15(19)18-8-12(2)9-18;2*1-2/h3-5,11-12H,6-10H2,1-2H3;2*1-2H3. The highest BCUT2D eigenvalue weighted by atomic mass is 16.2. The van der Waals surface area contributed by atoms with E-state index in [4.69, 9.17) is 0 Å². The van der Waals surface area contributed by atoms with Gasteiger partial charge in [0.15, 0.2) is 0 Å². The van der Waals surface area contributed by atoms with Crippen molar-refractivity contribution in [2.45, 2.75) is 48.1 Å². The summed E-state index contributed by atoms with van der Waals surface area (Å²) in [5.74, 6) is 1.51. The number of pyridine rings is 1. The first-order valence-electron chi connectivity index (χ1n) is 9.09. The predicted octanol–water partition coefficient (Wildman–Crippen LogP) is 3.68. The summed E-state index contributed by atoms with van der Waals surface area (Å²) in [6, 6.07) is 5.79. The Hall–Kier alpha value is -1.42. The van der Waals surface area contributed by atoms with Crippen molar-refractivity contribution in [1.82, 2.24) is 14.8 Å². The van der Waals surface area contributed by atoms with Crippen LogP contribution >= 0.6 is 0 Å². The van der Waals surface area contributed by atoms with E-state index in [0.717, 1.165) is 44.3 Å². The summed E-state index contributed by atoms with van der Waals surface area (Å²) in [7, 11) is 0. The second-order valence-corrected chi connectivity index (χ2v) is 6.13. The molecule has 3 heterocycles. The topological polar surface area (TPSA) is 36.4 Å². The third-order valence-corrected chi connectivity index (χ3v) is 3.90. The summed E-state index contributed by atoms with van der Waals surface area (Å²) < 4.78 is 0. The predicted molar refractivity (Wildman–Crippen MR) is 96.4 cm³/mol. The molecule has 0 saturated carbocycles. The molecule has 0 aromatic carbocycles. The minimum Gasteiger partial charge on any atom is -0.337 e. The fourth-order valence-corrected chi connectivity index (χ4v) is 2.90. The van der Waals surface area contributed by atoms with E-state index >= 15 is 0 Å². The fourth-order valence-electron chi connectivity index (χ4n) is 2.90. The maximum Gasteiger partial charge on any atom is 0.272 e. The van der Waals surface area contributed by atoms with Crippen molar-refractivity contribution in [2.24, 2.45) is 11.8 Å². The Morgan fingerprint density at radius 2 is 1.61 bits per heavy atom. The Bertz CT molecular complexity index is 477. The van der Waals surface area contributed by atoms with Crippen molar-refractivity contribution in [2.75, 3.05) is 26.2 Å². The molecule has 0 atom stereocenters. The minimum atomic E-state index is 0.0805. The molecule has 0 bridgehead atoms. The zero-order valence-electron chi connectivity index (χ0n) is 15.7. The number of carbonyl (C=O) groups is 1. The lowest BCUT2D eigenvalue weighted by atomic mass is 10.0. The molecule has 0 radical (unpaired) electrons. The zero-order chi connectivity index (χ0) is 17.4. The van der Waals surface area contributed by atoms with E-state index in [9.17, 15) is 4.79 Å². The maximum atomic E-state index is 12.2. The molecule has 130 valence electrons. The molecule has 0 aliphatic carbocycles. The van der Waals surface area contributed by atoms with Gasteiger partial charge in [0, 0.05) is 32.7 Å². The Morgan fingerprint density at radius 1 is 1.04 bits per heavy atom. The largest absolute Gasteiger partial charge is 0.337 e. The maximum absolute atomic E-state index is 12.2. The van der Waals surface area contributed by atoms with Crippen molar-refractivity contribution in [3.8, 4) is 0 Å². The zero-order valence-corrected chi connectivity index (χ0v) is 15.7. The molecule has 3 rings (SSSR count). The molecule has 4 heteroatoms. The van der Waals surface area contributed by atoms with Crippen LogP contribution in [0.5, 0.6) is 0 Å². The fraction of sp³-hybridized carbons (Fsp3) is 0.684. The third kappa shape index (κ3) is 5.31. The number of hydrogen-bond donors (Lipinski definition) is 0. The highest BCUT2D eigenvalue weighted by Gasteiger charge is 2.29. The smallest absolute Gasteiger partial charge is 0.272 e. The Balaban J connectivity index is 0.000000615. The van der Waals surface area contributed by atoms with Crippen LogP contribution in [0.1, 0.15) is 57.7 Å². The summed E-state index contributed by atoms with van der Waals surface area (Å²) in [5.41, 5.74) is 1.60. The lowest BCUT2D eigenvalue weighted by Crippen LogP contribution is -2.49. The van der Waals surface area contributed by atoms with E-state index in [1.165, 1.54) is 0 Å². The summed E-state index contributed by atoms with van der Waals surface area (Å²) in [4.78, 5) is 21.0. The second-order valence-electron chi connectivity index (χ2n) is 6.13. The summed E-state index contributed by atoms with van der Waals surface area (Å²) >= 11 is 0. The second kappa shape index (κ2) is 9.66. The molecule has 2 saturated heterocycles. The molecule has 0 N–H and O–H groups in total. The average Bonchev–Trinajstić information content (AvgIpc) is 2.54. The van der Waals surface area contributed by atoms with Gasteiger partial charge in [-0.1, -0.05) is 47.6 Å². The lowest BCUT2D eigenvalue weighted by molar-refractivity contribution is 0.0523. The first-order valence-corrected chi connectivity index (χ1v) is 9.09. The number of aromatic nitrogens is 1. The molecule has 1 amide bonds. The van der Waals surface area contributed by atoms with E-state index < -0.39 is 0 Å². The van der Waals surface area contributed by atoms with E-state index in [1.54, 1.807) is 0 Å². The monoisotopic (exact) mass is 319 g/mol. The van der Waals surface area contributed by atoms with Gasteiger partial charge in [-0.3, -0.25) is 9.69 Å². The summed E-state index contributed by atoms with van der Waals surface area (Å²) in [6.07, 6.45) is 0. The van der Waals surface area contributed by atoms with E-state index in [2.05, 4.69) is 23.7 Å². The van der Waals surface area contributed by atoms with Crippen LogP contribution in [-0.2, 0) is 6.54 Å². The lowest BCUT2D eigenvalue weighted by Gasteiger charge is -2.37. The van der Waals surface area contributed by atoms with Crippen LogP contribution in [0.15, 0.2) is 18.2 Å². The van der Waals surface area contributed by atoms with Crippen molar-refractivity contribution in [3.63, 3.8) is 0 Å². The van der Waals surface area contributed by atoms with Crippen LogP contribution in [0.2, 0.25) is 0 Å². The minimum absolute atomic E-state index is 0.0805. The Labute approximate surface area is 141 Å². The van der Waals surface area contributed by atoms with Gasteiger partial charge in [0.05, 0.1) is 5.69 Å². The third-order valence-electron chi connectivity index (χ3n) is 3.90. The van der Waals surface area contributed by atoms with Gasteiger partial charge in [0.2, 0.25) is 0 Å². The summed E-state index contributed by atoms with van der Waals surface area (Å²) in [5, 5.41) is 0. The van der Waals surface area contributed by atoms with E-state index in [1.807, 2.05) is 50.8 Å². The average molecular weight is 319 g/mol. The molecular weight excluding hydrogens is 286 g/mol. The number of amides is 1. The van der Waals surface area contributed by atoms with Gasteiger partial charge < -0.3 is 4.90 Å². The molecule has 23 heavy (non-hydrogen) atoms. The Kier molecular flexibility index (Phi) is 8.24. The molecule has 2 aliphatic rings. The van der Waals surface area contributed by atoms with Gasteiger partial charge in [-0.2, -0.15) is 0 Å². The number of nitrogens with zero attached hydrogens (tertiary/aromatic N) is 3. The van der Waals surface area contributed by atoms with Crippen molar-refractivity contribution in [1.29, 1.82) is 0 Å². The van der Waals surface area contributed by atoms with Gasteiger partial charge in [-0.15, -0.1) is 0 Å². The molecule has 2 aliphatic heterocycles. The normalized spacial score (nSPS) is 17.9.